The van der Waals surface area contributed by atoms with Crippen molar-refractivity contribution in [3.05, 3.63) is 40.5 Å². The molecule has 0 aliphatic carbocycles. The van der Waals surface area contributed by atoms with E-state index in [0.717, 1.165) is 80.0 Å². The fraction of sp³-hybridized carbons (Fsp3) is 0.692. The van der Waals surface area contributed by atoms with E-state index in [9.17, 15) is 24.9 Å². The molecule has 0 fully saturated rings. The number of hydrogen-bond donors (Lipinski definition) is 5. The molecule has 2 rings (SSSR count). The maximum atomic E-state index is 12.4. The molecule has 8 nitrogen and oxygen atoms in total. The highest BCUT2D eigenvalue weighted by molar-refractivity contribution is 5.84. The Morgan fingerprint density at radius 3 is 1.72 bits per heavy atom. The Morgan fingerprint density at radius 2 is 1.17 bits per heavy atom. The van der Waals surface area contributed by atoms with Crippen LogP contribution in [-0.4, -0.2) is 38.4 Å². The van der Waals surface area contributed by atoms with Gasteiger partial charge in [-0.15, -0.1) is 0 Å². The van der Waals surface area contributed by atoms with E-state index < -0.39 is 0 Å². The summed E-state index contributed by atoms with van der Waals surface area (Å²) in [6.45, 7) is 15.5. The van der Waals surface area contributed by atoms with Crippen LogP contribution < -0.4 is 10.7 Å². The van der Waals surface area contributed by atoms with Crippen LogP contribution in [0.25, 0.3) is 0 Å². The minimum absolute atomic E-state index is 0.0878. The molecular weight excluding hydrogens is 590 g/mol. The number of carbonyl (C=O) groups excluding carboxylic acids is 2. The molecule has 0 bridgehead atoms. The average Bonchev–Trinajstić information content (AvgIpc) is 3.25. The SMILES string of the molecule is CCCCCCCCc1cc(O)n(NC(=O)CCCCCCCCC(=O)NCCCc2cc(C(C)(C)C)c(O)c(C(C)(C)C)c2)c1O. The molecule has 0 unspecified atom stereocenters. The Labute approximate surface area is 284 Å². The van der Waals surface area contributed by atoms with E-state index in [1.807, 2.05) is 0 Å². The predicted molar refractivity (Wildman–Crippen MR) is 193 cm³/mol. The molecule has 0 aliphatic rings. The first-order valence-corrected chi connectivity index (χ1v) is 18.2. The molecule has 1 heterocycles. The number of rotatable bonds is 21. The van der Waals surface area contributed by atoms with Crippen LogP contribution >= 0.6 is 0 Å². The molecule has 8 heteroatoms. The number of phenols is 1. The van der Waals surface area contributed by atoms with Crippen molar-refractivity contribution in [3.63, 3.8) is 0 Å². The standard InChI is InChI=1S/C39H65N3O5/c1-8-9-10-11-14-17-22-30-28-35(45)42(37(30)47)41-34(44)24-19-16-13-12-15-18-23-33(43)40-25-20-21-29-26-31(38(2,3)4)36(46)32(27-29)39(5,6)7/h26-28,45-47H,8-25H2,1-7H3,(H,40,43)(H,41,44). The molecule has 266 valence electrons. The lowest BCUT2D eigenvalue weighted by atomic mass is 9.78. The molecule has 0 saturated carbocycles. The van der Waals surface area contributed by atoms with E-state index in [1.165, 1.54) is 37.3 Å². The van der Waals surface area contributed by atoms with Gasteiger partial charge in [0.1, 0.15) is 5.75 Å². The summed E-state index contributed by atoms with van der Waals surface area (Å²) in [7, 11) is 0. The number of hydrogen-bond acceptors (Lipinski definition) is 5. The highest BCUT2D eigenvalue weighted by Gasteiger charge is 2.26. The molecular formula is C39H65N3O5. The third kappa shape index (κ3) is 14.2. The van der Waals surface area contributed by atoms with Gasteiger partial charge in [-0.1, -0.05) is 118 Å². The summed E-state index contributed by atoms with van der Waals surface area (Å²) in [5, 5.41) is 34.7. The summed E-state index contributed by atoms with van der Waals surface area (Å²) < 4.78 is 1.08. The van der Waals surface area contributed by atoms with Crippen molar-refractivity contribution < 1.29 is 24.9 Å². The number of aryl methyl sites for hydroxylation is 2. The predicted octanol–water partition coefficient (Wildman–Crippen LogP) is 9.04. The maximum Gasteiger partial charge on any atom is 0.238 e. The first-order chi connectivity index (χ1) is 22.1. The lowest BCUT2D eigenvalue weighted by Crippen LogP contribution is -2.24. The van der Waals surface area contributed by atoms with Crippen LogP contribution in [-0.2, 0) is 33.3 Å². The number of amides is 2. The molecule has 2 amide bonds. The lowest BCUT2D eigenvalue weighted by molar-refractivity contribution is -0.121. The quantitative estimate of drug-likeness (QED) is 0.0859. The van der Waals surface area contributed by atoms with Crippen LogP contribution in [0.4, 0.5) is 0 Å². The van der Waals surface area contributed by atoms with Crippen LogP contribution in [0.1, 0.15) is 167 Å². The van der Waals surface area contributed by atoms with Gasteiger partial charge in [0.15, 0.2) is 0 Å². The third-order valence-electron chi connectivity index (χ3n) is 8.88. The summed E-state index contributed by atoms with van der Waals surface area (Å²) in [5.74, 6) is 0.0150. The second-order valence-electron chi connectivity index (χ2n) is 15.4. The highest BCUT2D eigenvalue weighted by Crippen LogP contribution is 2.40. The van der Waals surface area contributed by atoms with Gasteiger partial charge in [0.05, 0.1) is 0 Å². The summed E-state index contributed by atoms with van der Waals surface area (Å²) in [4.78, 5) is 24.8. The number of carbonyl (C=O) groups is 2. The zero-order valence-electron chi connectivity index (χ0n) is 30.6. The third-order valence-corrected chi connectivity index (χ3v) is 8.88. The normalized spacial score (nSPS) is 12.0. The summed E-state index contributed by atoms with van der Waals surface area (Å²) in [6.07, 6.45) is 15.6. The van der Waals surface area contributed by atoms with E-state index in [2.05, 4.69) is 71.3 Å². The number of unbranched alkanes of at least 4 members (excludes halogenated alkanes) is 10. The van der Waals surface area contributed by atoms with Crippen molar-refractivity contribution in [2.75, 3.05) is 12.0 Å². The van der Waals surface area contributed by atoms with Gasteiger partial charge >= 0.3 is 0 Å². The van der Waals surface area contributed by atoms with Crippen molar-refractivity contribution in [2.24, 2.45) is 0 Å². The number of aromatic hydroxyl groups is 3. The Kier molecular flexibility index (Phi) is 16.7. The summed E-state index contributed by atoms with van der Waals surface area (Å²) in [6, 6.07) is 5.76. The minimum atomic E-state index is -0.233. The van der Waals surface area contributed by atoms with Gasteiger partial charge in [-0.3, -0.25) is 15.0 Å². The van der Waals surface area contributed by atoms with Crippen molar-refractivity contribution in [2.45, 2.75) is 168 Å². The summed E-state index contributed by atoms with van der Waals surface area (Å²) >= 11 is 0. The van der Waals surface area contributed by atoms with Crippen LogP contribution in [0.3, 0.4) is 0 Å². The molecule has 1 aromatic heterocycles. The topological polar surface area (TPSA) is 124 Å². The first-order valence-electron chi connectivity index (χ1n) is 18.2. The molecule has 0 saturated heterocycles. The van der Waals surface area contributed by atoms with Gasteiger partial charge in [-0.2, -0.15) is 4.68 Å². The largest absolute Gasteiger partial charge is 0.507 e. The van der Waals surface area contributed by atoms with Gasteiger partial charge in [-0.25, -0.2) is 0 Å². The van der Waals surface area contributed by atoms with E-state index in [4.69, 9.17) is 0 Å². The van der Waals surface area contributed by atoms with E-state index >= 15 is 0 Å². The molecule has 5 N–H and O–H groups in total. The molecule has 0 spiro atoms. The number of aromatic nitrogens is 1. The zero-order valence-corrected chi connectivity index (χ0v) is 30.6. The molecule has 2 aromatic rings. The smallest absolute Gasteiger partial charge is 0.238 e. The monoisotopic (exact) mass is 655 g/mol. The van der Waals surface area contributed by atoms with Crippen LogP contribution in [0, 0.1) is 0 Å². The number of phenolic OH excluding ortho intramolecular Hbond substituents is 1. The number of benzene rings is 1. The van der Waals surface area contributed by atoms with E-state index in [-0.39, 0.29) is 34.4 Å². The fourth-order valence-corrected chi connectivity index (χ4v) is 5.98. The maximum absolute atomic E-state index is 12.4. The van der Waals surface area contributed by atoms with Gasteiger partial charge in [0.2, 0.25) is 23.6 Å². The van der Waals surface area contributed by atoms with Gasteiger partial charge in [0, 0.05) is 31.0 Å². The van der Waals surface area contributed by atoms with Gasteiger partial charge < -0.3 is 20.6 Å². The van der Waals surface area contributed by atoms with Crippen LogP contribution in [0.2, 0.25) is 0 Å². The Bertz CT molecular complexity index is 1220. The minimum Gasteiger partial charge on any atom is -0.507 e. The van der Waals surface area contributed by atoms with Crippen molar-refractivity contribution >= 4 is 11.8 Å². The zero-order chi connectivity index (χ0) is 35.0. The number of nitrogens with zero attached hydrogens (tertiary/aromatic N) is 1. The molecule has 0 atom stereocenters. The van der Waals surface area contributed by atoms with Crippen molar-refractivity contribution in [1.82, 2.24) is 9.99 Å². The Hall–Kier alpha value is -3.16. The first kappa shape index (κ1) is 40.0. The second-order valence-corrected chi connectivity index (χ2v) is 15.4. The number of nitrogens with one attached hydrogen (secondary N) is 2. The second kappa shape index (κ2) is 19.6. The van der Waals surface area contributed by atoms with Crippen molar-refractivity contribution in [1.29, 1.82) is 0 Å². The molecule has 47 heavy (non-hydrogen) atoms. The van der Waals surface area contributed by atoms with Crippen LogP contribution in [0.5, 0.6) is 17.5 Å². The Balaban J connectivity index is 1.58. The van der Waals surface area contributed by atoms with Gasteiger partial charge in [-0.05, 0) is 66.0 Å². The molecule has 1 aromatic carbocycles. The molecule has 0 radical (unpaired) electrons. The lowest BCUT2D eigenvalue weighted by Gasteiger charge is -2.28. The fourth-order valence-electron chi connectivity index (χ4n) is 5.98. The average molecular weight is 656 g/mol. The van der Waals surface area contributed by atoms with E-state index in [0.29, 0.717) is 37.1 Å². The molecule has 0 aliphatic heterocycles. The van der Waals surface area contributed by atoms with Crippen LogP contribution in [0.15, 0.2) is 18.2 Å². The van der Waals surface area contributed by atoms with Crippen molar-refractivity contribution in [3.8, 4) is 17.5 Å². The Morgan fingerprint density at radius 1 is 0.660 bits per heavy atom. The highest BCUT2D eigenvalue weighted by atomic mass is 16.3. The van der Waals surface area contributed by atoms with E-state index in [1.54, 1.807) is 0 Å². The summed E-state index contributed by atoms with van der Waals surface area (Å²) in [5.41, 5.74) is 6.10. The van der Waals surface area contributed by atoms with Gasteiger partial charge in [0.25, 0.3) is 0 Å².